The number of rotatable bonds is 3. The molecule has 0 unspecified atom stereocenters. The highest BCUT2D eigenvalue weighted by Gasteiger charge is 2.22. The number of hydrogen-bond donors (Lipinski definition) is 1. The van der Waals surface area contributed by atoms with Gasteiger partial charge in [0.05, 0.1) is 17.2 Å². The van der Waals surface area contributed by atoms with Gasteiger partial charge in [-0.25, -0.2) is 8.42 Å². The lowest BCUT2D eigenvalue weighted by Crippen LogP contribution is -2.40. The number of nitrogens with zero attached hydrogens (tertiary/aromatic N) is 3. The van der Waals surface area contributed by atoms with E-state index < -0.39 is 9.84 Å². The van der Waals surface area contributed by atoms with E-state index in [-0.39, 0.29) is 17.0 Å². The minimum absolute atomic E-state index is 0.0432. The molecule has 112 valence electrons. The maximum Gasteiger partial charge on any atom is 0.153 e. The van der Waals surface area contributed by atoms with Gasteiger partial charge in [0.2, 0.25) is 0 Å². The molecule has 0 amide bonds. The molecule has 0 spiro atoms. The Bertz CT molecular complexity index is 535. The highest BCUT2D eigenvalue weighted by atomic mass is 32.2. The second-order valence-electron chi connectivity index (χ2n) is 6.13. The predicted molar refractivity (Wildman–Crippen MR) is 79.5 cm³/mol. The largest absolute Gasteiger partial charge is 0.353 e. The summed E-state index contributed by atoms with van der Waals surface area (Å²) < 4.78 is 22.8. The first-order valence-corrected chi connectivity index (χ1v) is 8.60. The lowest BCUT2D eigenvalue weighted by Gasteiger charge is -2.27. The van der Waals surface area contributed by atoms with Crippen molar-refractivity contribution in [1.82, 2.24) is 15.5 Å². The van der Waals surface area contributed by atoms with Crippen LogP contribution in [0.1, 0.15) is 26.5 Å². The van der Waals surface area contributed by atoms with Crippen molar-refractivity contribution >= 4 is 15.7 Å². The van der Waals surface area contributed by atoms with Crippen LogP contribution in [0.3, 0.4) is 0 Å². The van der Waals surface area contributed by atoms with Crippen molar-refractivity contribution in [2.45, 2.75) is 32.9 Å². The van der Waals surface area contributed by atoms with Crippen molar-refractivity contribution in [2.24, 2.45) is 0 Å². The summed E-state index contributed by atoms with van der Waals surface area (Å²) in [5, 5.41) is 11.7. The van der Waals surface area contributed by atoms with E-state index in [0.717, 1.165) is 11.5 Å². The van der Waals surface area contributed by atoms with Crippen LogP contribution in [0.4, 0.5) is 5.82 Å². The SMILES string of the molecule is CC(C)(C)NCc1ccc(N2CCS(=O)(=O)CC2)nn1. The molecule has 7 heteroatoms. The summed E-state index contributed by atoms with van der Waals surface area (Å²) in [5.41, 5.74) is 0.926. The second-order valence-corrected chi connectivity index (χ2v) is 8.43. The first-order chi connectivity index (χ1) is 9.25. The van der Waals surface area contributed by atoms with Gasteiger partial charge >= 0.3 is 0 Å². The van der Waals surface area contributed by atoms with Gasteiger partial charge in [-0.3, -0.25) is 0 Å². The Morgan fingerprint density at radius 1 is 1.20 bits per heavy atom. The summed E-state index contributed by atoms with van der Waals surface area (Å²) in [5.74, 6) is 1.14. The smallest absolute Gasteiger partial charge is 0.153 e. The van der Waals surface area contributed by atoms with E-state index in [4.69, 9.17) is 0 Å². The summed E-state index contributed by atoms with van der Waals surface area (Å²) in [6.45, 7) is 7.97. The van der Waals surface area contributed by atoms with Crippen LogP contribution < -0.4 is 10.2 Å². The lowest BCUT2D eigenvalue weighted by molar-refractivity contribution is 0.420. The molecule has 0 aromatic carbocycles. The zero-order valence-electron chi connectivity index (χ0n) is 12.3. The number of sulfone groups is 1. The monoisotopic (exact) mass is 298 g/mol. The molecule has 1 fully saturated rings. The molecule has 2 rings (SSSR count). The average molecular weight is 298 g/mol. The molecule has 1 aliphatic rings. The average Bonchev–Trinajstić information content (AvgIpc) is 2.36. The maximum absolute atomic E-state index is 11.4. The van der Waals surface area contributed by atoms with Crippen LogP contribution in [0.2, 0.25) is 0 Å². The third-order valence-electron chi connectivity index (χ3n) is 3.17. The van der Waals surface area contributed by atoms with Crippen LogP contribution in [0, 0.1) is 0 Å². The van der Waals surface area contributed by atoms with Crippen molar-refractivity contribution in [1.29, 1.82) is 0 Å². The van der Waals surface area contributed by atoms with Crippen LogP contribution in [0.5, 0.6) is 0 Å². The zero-order valence-corrected chi connectivity index (χ0v) is 13.1. The van der Waals surface area contributed by atoms with Gasteiger partial charge in [-0.05, 0) is 32.9 Å². The third kappa shape index (κ3) is 4.42. The zero-order chi connectivity index (χ0) is 14.8. The molecule has 0 bridgehead atoms. The van der Waals surface area contributed by atoms with Gasteiger partial charge in [0.1, 0.15) is 0 Å². The van der Waals surface area contributed by atoms with E-state index in [1.807, 2.05) is 17.0 Å². The molecular weight excluding hydrogens is 276 g/mol. The van der Waals surface area contributed by atoms with Crippen LogP contribution in [0.25, 0.3) is 0 Å². The van der Waals surface area contributed by atoms with E-state index in [9.17, 15) is 8.42 Å². The summed E-state index contributed by atoms with van der Waals surface area (Å²) in [4.78, 5) is 1.97. The fourth-order valence-electron chi connectivity index (χ4n) is 1.91. The molecule has 1 aliphatic heterocycles. The van der Waals surface area contributed by atoms with Gasteiger partial charge in [0.15, 0.2) is 15.7 Å². The lowest BCUT2D eigenvalue weighted by atomic mass is 10.1. The first kappa shape index (κ1) is 15.2. The molecular formula is C13H22N4O2S. The van der Waals surface area contributed by atoms with Crippen molar-refractivity contribution in [3.05, 3.63) is 17.8 Å². The van der Waals surface area contributed by atoms with E-state index in [2.05, 4.69) is 36.3 Å². The van der Waals surface area contributed by atoms with Gasteiger partial charge in [-0.15, -0.1) is 5.10 Å². The van der Waals surface area contributed by atoms with Crippen molar-refractivity contribution in [3.63, 3.8) is 0 Å². The van der Waals surface area contributed by atoms with Gasteiger partial charge in [0.25, 0.3) is 0 Å². The summed E-state index contributed by atoms with van der Waals surface area (Å²) in [6, 6.07) is 3.84. The molecule has 0 aliphatic carbocycles. The molecule has 6 nitrogen and oxygen atoms in total. The fraction of sp³-hybridized carbons (Fsp3) is 0.692. The van der Waals surface area contributed by atoms with Crippen LogP contribution in [0.15, 0.2) is 12.1 Å². The number of anilines is 1. The molecule has 1 saturated heterocycles. The van der Waals surface area contributed by atoms with Crippen molar-refractivity contribution < 1.29 is 8.42 Å². The van der Waals surface area contributed by atoms with Crippen molar-refractivity contribution in [3.8, 4) is 0 Å². The van der Waals surface area contributed by atoms with Gasteiger partial charge in [-0.2, -0.15) is 5.10 Å². The fourth-order valence-corrected chi connectivity index (χ4v) is 3.11. The van der Waals surface area contributed by atoms with Crippen LogP contribution in [-0.4, -0.2) is 48.7 Å². The van der Waals surface area contributed by atoms with Crippen molar-refractivity contribution in [2.75, 3.05) is 29.5 Å². The standard InChI is InChI=1S/C13H22N4O2S/c1-13(2,3)14-10-11-4-5-12(16-15-11)17-6-8-20(18,19)9-7-17/h4-5,14H,6-10H2,1-3H3. The summed E-state index contributed by atoms with van der Waals surface area (Å²) >= 11 is 0. The van der Waals surface area contributed by atoms with E-state index in [0.29, 0.717) is 19.6 Å². The quantitative estimate of drug-likeness (QED) is 0.881. The second kappa shape index (κ2) is 5.65. The van der Waals surface area contributed by atoms with Crippen LogP contribution in [-0.2, 0) is 16.4 Å². The normalized spacial score (nSPS) is 19.1. The molecule has 0 atom stereocenters. The van der Waals surface area contributed by atoms with Crippen LogP contribution >= 0.6 is 0 Å². The Morgan fingerprint density at radius 3 is 2.35 bits per heavy atom. The summed E-state index contributed by atoms with van der Waals surface area (Å²) in [7, 11) is -2.86. The highest BCUT2D eigenvalue weighted by molar-refractivity contribution is 7.91. The van der Waals surface area contributed by atoms with E-state index in [1.54, 1.807) is 0 Å². The van der Waals surface area contributed by atoms with Gasteiger partial charge < -0.3 is 10.2 Å². The molecule has 1 N–H and O–H groups in total. The molecule has 1 aromatic rings. The minimum atomic E-state index is -2.86. The third-order valence-corrected chi connectivity index (χ3v) is 4.78. The molecule has 1 aromatic heterocycles. The Kier molecular flexibility index (Phi) is 4.29. The van der Waals surface area contributed by atoms with Gasteiger partial charge in [0, 0.05) is 25.2 Å². The number of hydrogen-bond acceptors (Lipinski definition) is 6. The Labute approximate surface area is 120 Å². The number of nitrogens with one attached hydrogen (secondary N) is 1. The Hall–Kier alpha value is -1.21. The Balaban J connectivity index is 1.95. The topological polar surface area (TPSA) is 75.2 Å². The first-order valence-electron chi connectivity index (χ1n) is 6.78. The predicted octanol–water partition coefficient (Wildman–Crippen LogP) is 0.599. The molecule has 2 heterocycles. The van der Waals surface area contributed by atoms with Gasteiger partial charge in [-0.1, -0.05) is 0 Å². The highest BCUT2D eigenvalue weighted by Crippen LogP contribution is 2.14. The maximum atomic E-state index is 11.4. The Morgan fingerprint density at radius 2 is 1.85 bits per heavy atom. The number of aromatic nitrogens is 2. The summed E-state index contributed by atoms with van der Waals surface area (Å²) in [6.07, 6.45) is 0. The van der Waals surface area contributed by atoms with E-state index in [1.165, 1.54) is 0 Å². The van der Waals surface area contributed by atoms with E-state index >= 15 is 0 Å². The molecule has 0 saturated carbocycles. The molecule has 20 heavy (non-hydrogen) atoms. The minimum Gasteiger partial charge on any atom is -0.353 e. The molecule has 0 radical (unpaired) electrons.